The summed E-state index contributed by atoms with van der Waals surface area (Å²) < 4.78 is 0. The summed E-state index contributed by atoms with van der Waals surface area (Å²) in [5.74, 6) is -0.339. The molecule has 4 nitrogen and oxygen atoms in total. The number of carbonyl (C=O) groups is 1. The molecule has 0 saturated carbocycles. The normalized spacial score (nSPS) is 23.9. The summed E-state index contributed by atoms with van der Waals surface area (Å²) in [7, 11) is 0. The van der Waals surface area contributed by atoms with E-state index in [9.17, 15) is 9.59 Å². The zero-order valence-electron chi connectivity index (χ0n) is 9.41. The Bertz CT molecular complexity index is 490. The first kappa shape index (κ1) is 10.9. The van der Waals surface area contributed by atoms with Crippen LogP contribution in [0.2, 0.25) is 0 Å². The van der Waals surface area contributed by atoms with E-state index in [-0.39, 0.29) is 5.56 Å². The maximum absolute atomic E-state index is 11.5. The Hall–Kier alpha value is -1.58. The number of aromatic carboxylic acids is 1. The predicted octanol–water partition coefficient (Wildman–Crippen LogP) is 1.76. The quantitative estimate of drug-likeness (QED) is 0.759. The average Bonchev–Trinajstić information content (AvgIpc) is 2.23. The highest BCUT2D eigenvalue weighted by molar-refractivity contribution is 5.87. The second-order valence-electron chi connectivity index (χ2n) is 4.56. The van der Waals surface area contributed by atoms with E-state index in [2.05, 4.69) is 18.8 Å². The molecule has 2 N–H and O–H groups in total. The summed E-state index contributed by atoms with van der Waals surface area (Å²) in [5, 5.41) is 8.87. The van der Waals surface area contributed by atoms with Gasteiger partial charge in [-0.1, -0.05) is 13.8 Å². The van der Waals surface area contributed by atoms with Crippen LogP contribution in [0, 0.1) is 5.92 Å². The highest BCUT2D eigenvalue weighted by Gasteiger charge is 2.25. The van der Waals surface area contributed by atoms with Crippen LogP contribution in [0.4, 0.5) is 0 Å². The van der Waals surface area contributed by atoms with Crippen molar-refractivity contribution in [3.8, 4) is 0 Å². The Balaban J connectivity index is 2.57. The first-order chi connectivity index (χ1) is 7.50. The van der Waals surface area contributed by atoms with Crippen LogP contribution >= 0.6 is 0 Å². The number of hydrogen-bond donors (Lipinski definition) is 2. The molecule has 0 aliphatic heterocycles. The number of carboxylic acids is 1. The minimum absolute atomic E-state index is 0.152. The molecule has 16 heavy (non-hydrogen) atoms. The number of aryl methyl sites for hydroxylation is 1. The molecule has 1 heterocycles. The van der Waals surface area contributed by atoms with Gasteiger partial charge < -0.3 is 10.1 Å². The smallest absolute Gasteiger partial charge is 0.341 e. The van der Waals surface area contributed by atoms with Crippen molar-refractivity contribution in [1.82, 2.24) is 4.98 Å². The van der Waals surface area contributed by atoms with Gasteiger partial charge in [-0.05, 0) is 36.3 Å². The van der Waals surface area contributed by atoms with Gasteiger partial charge in [-0.3, -0.25) is 4.79 Å². The van der Waals surface area contributed by atoms with Crippen LogP contribution in [0.25, 0.3) is 0 Å². The van der Waals surface area contributed by atoms with E-state index < -0.39 is 11.5 Å². The van der Waals surface area contributed by atoms with Gasteiger partial charge in [-0.15, -0.1) is 0 Å². The van der Waals surface area contributed by atoms with E-state index in [0.29, 0.717) is 11.8 Å². The van der Waals surface area contributed by atoms with Crippen molar-refractivity contribution >= 4 is 5.97 Å². The third kappa shape index (κ3) is 1.64. The third-order valence-electron chi connectivity index (χ3n) is 3.57. The van der Waals surface area contributed by atoms with Crippen molar-refractivity contribution in [2.24, 2.45) is 5.92 Å². The molecule has 1 aromatic rings. The molecule has 0 radical (unpaired) electrons. The number of carboxylic acid groups (broad SMARTS) is 1. The Morgan fingerprint density at radius 1 is 1.50 bits per heavy atom. The predicted molar refractivity (Wildman–Crippen MR) is 59.9 cm³/mol. The third-order valence-corrected chi connectivity index (χ3v) is 3.57. The van der Waals surface area contributed by atoms with Crippen LogP contribution in [0.15, 0.2) is 10.9 Å². The van der Waals surface area contributed by atoms with Gasteiger partial charge in [-0.2, -0.15) is 0 Å². The van der Waals surface area contributed by atoms with Crippen LogP contribution in [0.1, 0.15) is 47.8 Å². The lowest BCUT2D eigenvalue weighted by atomic mass is 9.80. The number of pyridine rings is 1. The second-order valence-corrected chi connectivity index (χ2v) is 4.56. The van der Waals surface area contributed by atoms with Crippen LogP contribution < -0.4 is 5.56 Å². The molecule has 2 rings (SSSR count). The van der Waals surface area contributed by atoms with Crippen LogP contribution in [-0.4, -0.2) is 16.1 Å². The lowest BCUT2D eigenvalue weighted by Crippen LogP contribution is -2.26. The maximum atomic E-state index is 11.5. The van der Waals surface area contributed by atoms with E-state index in [1.165, 1.54) is 6.07 Å². The minimum Gasteiger partial charge on any atom is -0.477 e. The minimum atomic E-state index is -1.16. The average molecular weight is 221 g/mol. The number of hydrogen-bond acceptors (Lipinski definition) is 2. The zero-order valence-corrected chi connectivity index (χ0v) is 9.41. The largest absolute Gasteiger partial charge is 0.477 e. The molecule has 0 bridgehead atoms. The van der Waals surface area contributed by atoms with Gasteiger partial charge in [-0.25, -0.2) is 4.79 Å². The molecule has 2 unspecified atom stereocenters. The Morgan fingerprint density at radius 2 is 2.19 bits per heavy atom. The highest BCUT2D eigenvalue weighted by atomic mass is 16.4. The molecular formula is C12H15NO3. The summed E-state index contributed by atoms with van der Waals surface area (Å²) in [6, 6.07) is 1.53. The summed E-state index contributed by atoms with van der Waals surface area (Å²) in [6.45, 7) is 4.22. The molecule has 2 atom stereocenters. The van der Waals surface area contributed by atoms with Gasteiger partial charge in [0.25, 0.3) is 5.56 Å². The van der Waals surface area contributed by atoms with E-state index in [0.717, 1.165) is 24.1 Å². The molecule has 1 aliphatic rings. The van der Waals surface area contributed by atoms with Crippen LogP contribution in [-0.2, 0) is 6.42 Å². The number of H-pyrrole nitrogens is 1. The van der Waals surface area contributed by atoms with Crippen molar-refractivity contribution in [2.45, 2.75) is 32.6 Å². The number of rotatable bonds is 1. The second kappa shape index (κ2) is 3.77. The summed E-state index contributed by atoms with van der Waals surface area (Å²) in [5.41, 5.74) is 1.24. The van der Waals surface area contributed by atoms with Crippen molar-refractivity contribution in [1.29, 1.82) is 0 Å². The fourth-order valence-electron chi connectivity index (χ4n) is 2.28. The molecular weight excluding hydrogens is 206 g/mol. The fourth-order valence-corrected chi connectivity index (χ4v) is 2.28. The zero-order chi connectivity index (χ0) is 11.9. The number of fused-ring (bicyclic) bond motifs is 1. The van der Waals surface area contributed by atoms with E-state index >= 15 is 0 Å². The Kier molecular flexibility index (Phi) is 2.58. The number of aromatic amines is 1. The first-order valence-corrected chi connectivity index (χ1v) is 5.50. The number of aromatic nitrogens is 1. The molecule has 0 aromatic carbocycles. The van der Waals surface area contributed by atoms with Crippen molar-refractivity contribution in [3.05, 3.63) is 33.2 Å². The summed E-state index contributed by atoms with van der Waals surface area (Å²) in [4.78, 5) is 25.1. The Labute approximate surface area is 93.3 Å². The van der Waals surface area contributed by atoms with Crippen LogP contribution in [0.5, 0.6) is 0 Å². The van der Waals surface area contributed by atoms with Gasteiger partial charge in [0.1, 0.15) is 5.56 Å². The Morgan fingerprint density at radius 3 is 2.81 bits per heavy atom. The topological polar surface area (TPSA) is 70.2 Å². The van der Waals surface area contributed by atoms with Gasteiger partial charge in [0.05, 0.1) is 0 Å². The van der Waals surface area contributed by atoms with Gasteiger partial charge in [0, 0.05) is 5.69 Å². The van der Waals surface area contributed by atoms with E-state index in [1.54, 1.807) is 0 Å². The molecule has 86 valence electrons. The highest BCUT2D eigenvalue weighted by Crippen LogP contribution is 2.33. The number of nitrogens with one attached hydrogen (secondary N) is 1. The molecule has 4 heteroatoms. The monoisotopic (exact) mass is 221 g/mol. The van der Waals surface area contributed by atoms with Crippen molar-refractivity contribution < 1.29 is 9.90 Å². The van der Waals surface area contributed by atoms with Crippen molar-refractivity contribution in [3.63, 3.8) is 0 Å². The van der Waals surface area contributed by atoms with Gasteiger partial charge in [0.15, 0.2) is 0 Å². The molecule has 1 aromatic heterocycles. The van der Waals surface area contributed by atoms with Crippen molar-refractivity contribution in [2.75, 3.05) is 0 Å². The van der Waals surface area contributed by atoms with E-state index in [1.807, 2.05) is 0 Å². The molecule has 0 amide bonds. The van der Waals surface area contributed by atoms with Gasteiger partial charge >= 0.3 is 5.97 Å². The van der Waals surface area contributed by atoms with Gasteiger partial charge in [0.2, 0.25) is 0 Å². The SMILES string of the molecule is CC1CCc2cc(C(=O)O)c(=O)[nH]c2C1C. The molecule has 0 fully saturated rings. The standard InChI is InChI=1S/C12H15NO3/c1-6-3-4-8-5-9(12(15)16)11(14)13-10(8)7(6)2/h5-7H,3-4H2,1-2H3,(H,13,14)(H,15,16). The summed E-state index contributed by atoms with van der Waals surface area (Å²) >= 11 is 0. The molecule has 0 saturated heterocycles. The first-order valence-electron chi connectivity index (χ1n) is 5.50. The van der Waals surface area contributed by atoms with E-state index in [4.69, 9.17) is 5.11 Å². The lowest BCUT2D eigenvalue weighted by molar-refractivity contribution is 0.0694. The molecule has 1 aliphatic carbocycles. The van der Waals surface area contributed by atoms with Crippen LogP contribution in [0.3, 0.4) is 0 Å². The molecule has 0 spiro atoms. The maximum Gasteiger partial charge on any atom is 0.341 e. The fraction of sp³-hybridized carbons (Fsp3) is 0.500. The summed E-state index contributed by atoms with van der Waals surface area (Å²) in [6.07, 6.45) is 1.89. The lowest BCUT2D eigenvalue weighted by Gasteiger charge is -2.28.